The monoisotopic (exact) mass is 326 g/mol. The minimum absolute atomic E-state index is 0.716. The first-order valence-electron chi connectivity index (χ1n) is 8.86. The molecule has 2 aliphatic rings. The quantitative estimate of drug-likeness (QED) is 0.861. The standard InChI is InChI=1S/C19H26N4O/c1-15-10-16(2)23(20-15)18-5-3-4-17(11-18)12-21-13-19(14-21)22-6-8-24-9-7-22/h3-5,10-11,19H,6-9,12-14H2,1-2H3. The molecule has 2 aromatic rings. The van der Waals surface area contributed by atoms with Gasteiger partial charge in [0.25, 0.3) is 0 Å². The predicted molar refractivity (Wildman–Crippen MR) is 94.5 cm³/mol. The van der Waals surface area contributed by atoms with Gasteiger partial charge in [-0.15, -0.1) is 0 Å². The van der Waals surface area contributed by atoms with E-state index in [2.05, 4.69) is 52.2 Å². The molecule has 4 rings (SSSR count). The lowest BCUT2D eigenvalue weighted by atomic mass is 10.0. The van der Waals surface area contributed by atoms with E-state index in [0.717, 1.165) is 44.2 Å². The molecule has 128 valence electrons. The van der Waals surface area contributed by atoms with Crippen LogP contribution in [0.25, 0.3) is 5.69 Å². The number of morpholine rings is 1. The molecule has 1 aromatic carbocycles. The number of ether oxygens (including phenoxy) is 1. The largest absolute Gasteiger partial charge is 0.379 e. The SMILES string of the molecule is Cc1cc(C)n(-c2cccc(CN3CC(N4CCOCC4)C3)c2)n1. The van der Waals surface area contributed by atoms with E-state index in [1.807, 2.05) is 11.6 Å². The maximum absolute atomic E-state index is 5.44. The van der Waals surface area contributed by atoms with Crippen LogP contribution in [-0.2, 0) is 11.3 Å². The fourth-order valence-electron chi connectivity index (χ4n) is 3.78. The van der Waals surface area contributed by atoms with Gasteiger partial charge in [0.05, 0.1) is 24.6 Å². The summed E-state index contributed by atoms with van der Waals surface area (Å²) in [7, 11) is 0. The molecular formula is C19H26N4O. The van der Waals surface area contributed by atoms with E-state index >= 15 is 0 Å². The Kier molecular flexibility index (Phi) is 4.39. The summed E-state index contributed by atoms with van der Waals surface area (Å²) in [5.74, 6) is 0. The first-order valence-corrected chi connectivity index (χ1v) is 8.86. The van der Waals surface area contributed by atoms with Crippen molar-refractivity contribution in [3.05, 3.63) is 47.3 Å². The van der Waals surface area contributed by atoms with Gasteiger partial charge in [-0.25, -0.2) is 4.68 Å². The van der Waals surface area contributed by atoms with Crippen LogP contribution in [0, 0.1) is 13.8 Å². The van der Waals surface area contributed by atoms with E-state index in [0.29, 0.717) is 6.04 Å². The Morgan fingerprint density at radius 3 is 2.62 bits per heavy atom. The van der Waals surface area contributed by atoms with Crippen LogP contribution in [-0.4, -0.2) is 65.0 Å². The zero-order chi connectivity index (χ0) is 16.5. The Hall–Kier alpha value is -1.69. The molecule has 0 bridgehead atoms. The molecule has 2 fully saturated rings. The Labute approximate surface area is 143 Å². The van der Waals surface area contributed by atoms with E-state index in [9.17, 15) is 0 Å². The zero-order valence-electron chi connectivity index (χ0n) is 14.6. The van der Waals surface area contributed by atoms with Gasteiger partial charge in [0.15, 0.2) is 0 Å². The molecule has 0 unspecified atom stereocenters. The van der Waals surface area contributed by atoms with Gasteiger partial charge in [0.2, 0.25) is 0 Å². The Morgan fingerprint density at radius 1 is 1.12 bits per heavy atom. The number of aromatic nitrogens is 2. The Morgan fingerprint density at radius 2 is 1.92 bits per heavy atom. The third-order valence-corrected chi connectivity index (χ3v) is 5.07. The first kappa shape index (κ1) is 15.8. The van der Waals surface area contributed by atoms with Crippen LogP contribution >= 0.6 is 0 Å². The number of hydrogen-bond acceptors (Lipinski definition) is 4. The number of benzene rings is 1. The van der Waals surface area contributed by atoms with E-state index in [4.69, 9.17) is 4.74 Å². The fraction of sp³-hybridized carbons (Fsp3) is 0.526. The molecule has 1 aromatic heterocycles. The molecule has 0 N–H and O–H groups in total. The summed E-state index contributed by atoms with van der Waals surface area (Å²) >= 11 is 0. The summed E-state index contributed by atoms with van der Waals surface area (Å²) in [5, 5.41) is 4.59. The van der Waals surface area contributed by atoms with E-state index in [-0.39, 0.29) is 0 Å². The lowest BCUT2D eigenvalue weighted by molar-refractivity contribution is -0.0344. The maximum atomic E-state index is 5.44. The molecule has 0 amide bonds. The molecule has 5 heteroatoms. The molecule has 24 heavy (non-hydrogen) atoms. The molecular weight excluding hydrogens is 300 g/mol. The van der Waals surface area contributed by atoms with E-state index in [1.165, 1.54) is 24.3 Å². The van der Waals surface area contributed by atoms with Crippen LogP contribution in [0.3, 0.4) is 0 Å². The molecule has 3 heterocycles. The van der Waals surface area contributed by atoms with Crippen molar-refractivity contribution in [2.75, 3.05) is 39.4 Å². The second-order valence-electron chi connectivity index (χ2n) is 7.01. The highest BCUT2D eigenvalue weighted by Crippen LogP contribution is 2.20. The van der Waals surface area contributed by atoms with Gasteiger partial charge in [0.1, 0.15) is 0 Å². The van der Waals surface area contributed by atoms with Crippen LogP contribution in [0.15, 0.2) is 30.3 Å². The van der Waals surface area contributed by atoms with Gasteiger partial charge in [-0.1, -0.05) is 12.1 Å². The van der Waals surface area contributed by atoms with Crippen LogP contribution in [0.5, 0.6) is 0 Å². The molecule has 0 spiro atoms. The molecule has 2 aliphatic heterocycles. The number of nitrogens with zero attached hydrogens (tertiary/aromatic N) is 4. The van der Waals surface area contributed by atoms with Crippen LogP contribution in [0.4, 0.5) is 0 Å². The van der Waals surface area contributed by atoms with Gasteiger partial charge >= 0.3 is 0 Å². The first-order chi connectivity index (χ1) is 11.7. The fourth-order valence-corrected chi connectivity index (χ4v) is 3.78. The minimum Gasteiger partial charge on any atom is -0.379 e. The smallest absolute Gasteiger partial charge is 0.0651 e. The highest BCUT2D eigenvalue weighted by molar-refractivity contribution is 5.37. The summed E-state index contributed by atoms with van der Waals surface area (Å²) in [6.07, 6.45) is 0. The maximum Gasteiger partial charge on any atom is 0.0651 e. The number of hydrogen-bond donors (Lipinski definition) is 0. The second-order valence-corrected chi connectivity index (χ2v) is 7.01. The van der Waals surface area contributed by atoms with Crippen LogP contribution in [0.2, 0.25) is 0 Å². The highest BCUT2D eigenvalue weighted by Gasteiger charge is 2.32. The molecule has 5 nitrogen and oxygen atoms in total. The highest BCUT2D eigenvalue weighted by atomic mass is 16.5. The Bertz CT molecular complexity index is 699. The summed E-state index contributed by atoms with van der Waals surface area (Å²) in [6.45, 7) is 11.5. The van der Waals surface area contributed by atoms with Crippen molar-refractivity contribution < 1.29 is 4.74 Å². The average Bonchev–Trinajstić information content (AvgIpc) is 2.90. The number of rotatable bonds is 4. The third kappa shape index (κ3) is 3.24. The van der Waals surface area contributed by atoms with Crippen molar-refractivity contribution in [2.24, 2.45) is 0 Å². The van der Waals surface area contributed by atoms with Gasteiger partial charge in [-0.2, -0.15) is 5.10 Å². The molecule has 0 radical (unpaired) electrons. The van der Waals surface area contributed by atoms with Crippen molar-refractivity contribution in [1.82, 2.24) is 19.6 Å². The van der Waals surface area contributed by atoms with E-state index in [1.54, 1.807) is 0 Å². The second kappa shape index (κ2) is 6.67. The third-order valence-electron chi connectivity index (χ3n) is 5.07. The van der Waals surface area contributed by atoms with Crippen LogP contribution in [0.1, 0.15) is 17.0 Å². The Balaban J connectivity index is 1.38. The van der Waals surface area contributed by atoms with Crippen LogP contribution < -0.4 is 0 Å². The van der Waals surface area contributed by atoms with Crippen molar-refractivity contribution in [2.45, 2.75) is 26.4 Å². The summed E-state index contributed by atoms with van der Waals surface area (Å²) in [4.78, 5) is 5.10. The lowest BCUT2D eigenvalue weighted by Crippen LogP contribution is -2.60. The molecule has 2 saturated heterocycles. The van der Waals surface area contributed by atoms with Gasteiger partial charge in [-0.3, -0.25) is 9.80 Å². The topological polar surface area (TPSA) is 33.5 Å². The number of aryl methyl sites for hydroxylation is 2. The zero-order valence-corrected chi connectivity index (χ0v) is 14.6. The predicted octanol–water partition coefficient (Wildman–Crippen LogP) is 2.01. The van der Waals surface area contributed by atoms with E-state index < -0.39 is 0 Å². The summed E-state index contributed by atoms with van der Waals surface area (Å²) < 4.78 is 7.48. The summed E-state index contributed by atoms with van der Waals surface area (Å²) in [6, 6.07) is 11.6. The van der Waals surface area contributed by atoms with Gasteiger partial charge < -0.3 is 4.74 Å². The minimum atomic E-state index is 0.716. The van der Waals surface area contributed by atoms with Crippen molar-refractivity contribution in [3.8, 4) is 5.69 Å². The summed E-state index contributed by atoms with van der Waals surface area (Å²) in [5.41, 5.74) is 4.76. The normalized spacial score (nSPS) is 20.2. The molecule has 0 aliphatic carbocycles. The van der Waals surface area contributed by atoms with Crippen molar-refractivity contribution in [1.29, 1.82) is 0 Å². The van der Waals surface area contributed by atoms with Gasteiger partial charge in [0, 0.05) is 44.5 Å². The average molecular weight is 326 g/mol. The molecule has 0 saturated carbocycles. The van der Waals surface area contributed by atoms with Crippen molar-refractivity contribution in [3.63, 3.8) is 0 Å². The number of likely N-dealkylation sites (tertiary alicyclic amines) is 1. The molecule has 0 atom stereocenters. The van der Waals surface area contributed by atoms with Crippen molar-refractivity contribution >= 4 is 0 Å². The van der Waals surface area contributed by atoms with Gasteiger partial charge in [-0.05, 0) is 37.6 Å². The lowest BCUT2D eigenvalue weighted by Gasteiger charge is -2.46.